The molecule has 0 aliphatic carbocycles. The summed E-state index contributed by atoms with van der Waals surface area (Å²) in [6, 6.07) is 19.1. The number of methoxy groups -OCH3 is 1. The van der Waals surface area contributed by atoms with Crippen molar-refractivity contribution in [2.45, 2.75) is 13.5 Å². The SMILES string of the molecule is COc1ccc(C(=O)Nc2ccccc2OCc2cc(=O)n3cc(C)ccc3n2)cc1. The monoisotopic (exact) mass is 415 g/mol. The molecule has 2 aromatic carbocycles. The van der Waals surface area contributed by atoms with E-state index in [1.165, 1.54) is 10.5 Å². The molecule has 2 heterocycles. The number of nitrogens with zero attached hydrogens (tertiary/aromatic N) is 2. The summed E-state index contributed by atoms with van der Waals surface area (Å²) in [7, 11) is 1.57. The van der Waals surface area contributed by atoms with Gasteiger partial charge < -0.3 is 14.8 Å². The summed E-state index contributed by atoms with van der Waals surface area (Å²) < 4.78 is 12.5. The molecular weight excluding hydrogens is 394 g/mol. The molecule has 0 unspecified atom stereocenters. The largest absolute Gasteiger partial charge is 0.497 e. The lowest BCUT2D eigenvalue weighted by Crippen LogP contribution is -2.17. The van der Waals surface area contributed by atoms with Crippen LogP contribution < -0.4 is 20.3 Å². The molecule has 0 saturated heterocycles. The molecule has 7 nitrogen and oxygen atoms in total. The van der Waals surface area contributed by atoms with Gasteiger partial charge in [0.25, 0.3) is 11.5 Å². The molecule has 4 rings (SSSR count). The van der Waals surface area contributed by atoms with Gasteiger partial charge in [-0.3, -0.25) is 14.0 Å². The molecule has 31 heavy (non-hydrogen) atoms. The normalized spacial score (nSPS) is 10.6. The number of hydrogen-bond donors (Lipinski definition) is 1. The van der Waals surface area contributed by atoms with Gasteiger partial charge in [-0.1, -0.05) is 18.2 Å². The zero-order valence-electron chi connectivity index (χ0n) is 17.2. The number of carbonyl (C=O) groups excluding carboxylic acids is 1. The Labute approximate surface area is 178 Å². The van der Waals surface area contributed by atoms with E-state index in [1.54, 1.807) is 61.8 Å². The van der Waals surface area contributed by atoms with Crippen LogP contribution in [-0.2, 0) is 6.61 Å². The number of ether oxygens (including phenoxy) is 2. The fraction of sp³-hybridized carbons (Fsp3) is 0.125. The van der Waals surface area contributed by atoms with Crippen molar-refractivity contribution in [1.82, 2.24) is 9.38 Å². The molecule has 0 spiro atoms. The highest BCUT2D eigenvalue weighted by Crippen LogP contribution is 2.25. The lowest BCUT2D eigenvalue weighted by Gasteiger charge is -2.13. The second kappa shape index (κ2) is 8.71. The predicted octanol–water partition coefficient (Wildman–Crippen LogP) is 3.84. The number of pyridine rings is 1. The number of rotatable bonds is 6. The van der Waals surface area contributed by atoms with Gasteiger partial charge in [-0.2, -0.15) is 0 Å². The van der Waals surface area contributed by atoms with Crippen LogP contribution in [0.3, 0.4) is 0 Å². The molecule has 0 saturated carbocycles. The number of amides is 1. The minimum atomic E-state index is -0.267. The summed E-state index contributed by atoms with van der Waals surface area (Å²) >= 11 is 0. The van der Waals surface area contributed by atoms with Crippen LogP contribution in [0.15, 0.2) is 77.7 Å². The van der Waals surface area contributed by atoms with E-state index in [0.29, 0.717) is 34.1 Å². The standard InChI is InChI=1S/C24H21N3O4/c1-16-7-12-22-25-18(13-23(28)27(22)14-16)15-31-21-6-4-3-5-20(21)26-24(29)17-8-10-19(30-2)11-9-17/h3-14H,15H2,1-2H3,(H,26,29). The number of benzene rings is 2. The number of anilines is 1. The van der Waals surface area contributed by atoms with Crippen LogP contribution in [0.5, 0.6) is 11.5 Å². The summed E-state index contributed by atoms with van der Waals surface area (Å²) in [6.45, 7) is 2.01. The number of aromatic nitrogens is 2. The van der Waals surface area contributed by atoms with Crippen molar-refractivity contribution in [2.75, 3.05) is 12.4 Å². The molecule has 0 radical (unpaired) electrons. The third-order valence-corrected chi connectivity index (χ3v) is 4.72. The second-order valence-electron chi connectivity index (χ2n) is 6.99. The van der Waals surface area contributed by atoms with E-state index >= 15 is 0 Å². The first kappa shape index (κ1) is 20.2. The van der Waals surface area contributed by atoms with Crippen molar-refractivity contribution in [3.05, 3.63) is 100 Å². The van der Waals surface area contributed by atoms with Gasteiger partial charge in [-0.25, -0.2) is 4.98 Å². The smallest absolute Gasteiger partial charge is 0.258 e. The van der Waals surface area contributed by atoms with Gasteiger partial charge in [0, 0.05) is 17.8 Å². The molecule has 4 aromatic rings. The summed E-state index contributed by atoms with van der Waals surface area (Å²) in [6.07, 6.45) is 1.75. The number of hydrogen-bond acceptors (Lipinski definition) is 5. The van der Waals surface area contributed by atoms with Gasteiger partial charge in [0.15, 0.2) is 0 Å². The van der Waals surface area contributed by atoms with Crippen molar-refractivity contribution in [1.29, 1.82) is 0 Å². The Morgan fingerprint density at radius 3 is 2.61 bits per heavy atom. The van der Waals surface area contributed by atoms with Crippen LogP contribution in [0, 0.1) is 6.92 Å². The Balaban J connectivity index is 1.51. The predicted molar refractivity (Wildman–Crippen MR) is 118 cm³/mol. The summed E-state index contributed by atoms with van der Waals surface area (Å²) in [4.78, 5) is 29.5. The van der Waals surface area contributed by atoms with E-state index in [0.717, 1.165) is 5.56 Å². The van der Waals surface area contributed by atoms with E-state index in [4.69, 9.17) is 9.47 Å². The topological polar surface area (TPSA) is 81.9 Å². The average molecular weight is 415 g/mol. The zero-order chi connectivity index (χ0) is 21.8. The zero-order valence-corrected chi connectivity index (χ0v) is 17.2. The molecule has 0 aliphatic heterocycles. The Bertz CT molecular complexity index is 1300. The van der Waals surface area contributed by atoms with Gasteiger partial charge >= 0.3 is 0 Å². The maximum atomic E-state index is 12.6. The van der Waals surface area contributed by atoms with Crippen LogP contribution in [0.2, 0.25) is 0 Å². The first-order valence-corrected chi connectivity index (χ1v) is 9.70. The molecule has 0 aliphatic rings. The van der Waals surface area contributed by atoms with Crippen LogP contribution in [-0.4, -0.2) is 22.4 Å². The highest BCUT2D eigenvalue weighted by atomic mass is 16.5. The quantitative estimate of drug-likeness (QED) is 0.517. The Kier molecular flexibility index (Phi) is 5.66. The second-order valence-corrected chi connectivity index (χ2v) is 6.99. The van der Waals surface area contributed by atoms with Crippen molar-refractivity contribution in [2.24, 2.45) is 0 Å². The summed E-state index contributed by atoms with van der Waals surface area (Å²) in [5.41, 5.74) is 2.88. The molecule has 0 atom stereocenters. The molecular formula is C24H21N3O4. The maximum absolute atomic E-state index is 12.6. The molecule has 1 N–H and O–H groups in total. The summed E-state index contributed by atoms with van der Waals surface area (Å²) in [5.74, 6) is 0.889. The Morgan fingerprint density at radius 1 is 1.06 bits per heavy atom. The van der Waals surface area contributed by atoms with E-state index in [1.807, 2.05) is 19.1 Å². The van der Waals surface area contributed by atoms with E-state index in [9.17, 15) is 9.59 Å². The van der Waals surface area contributed by atoms with E-state index in [-0.39, 0.29) is 18.1 Å². The first-order valence-electron chi connectivity index (χ1n) is 9.70. The molecule has 7 heteroatoms. The highest BCUT2D eigenvalue weighted by molar-refractivity contribution is 6.05. The van der Waals surface area contributed by atoms with Gasteiger partial charge in [0.1, 0.15) is 23.8 Å². The number of fused-ring (bicyclic) bond motifs is 1. The third kappa shape index (κ3) is 4.56. The Hall–Kier alpha value is -4.13. The fourth-order valence-electron chi connectivity index (χ4n) is 3.12. The summed E-state index contributed by atoms with van der Waals surface area (Å²) in [5, 5.41) is 2.86. The first-order chi connectivity index (χ1) is 15.0. The number of para-hydroxylation sites is 2. The van der Waals surface area contributed by atoms with Crippen molar-refractivity contribution < 1.29 is 14.3 Å². The molecule has 156 valence electrons. The number of nitrogens with one attached hydrogen (secondary N) is 1. The molecule has 0 fully saturated rings. The van der Waals surface area contributed by atoms with E-state index < -0.39 is 0 Å². The average Bonchev–Trinajstić information content (AvgIpc) is 2.79. The van der Waals surface area contributed by atoms with Gasteiger partial charge in [0.2, 0.25) is 0 Å². The van der Waals surface area contributed by atoms with E-state index in [2.05, 4.69) is 10.3 Å². The van der Waals surface area contributed by atoms with Gasteiger partial charge in [-0.05, 0) is 55.0 Å². The van der Waals surface area contributed by atoms with Crippen LogP contribution in [0.4, 0.5) is 5.69 Å². The lowest BCUT2D eigenvalue weighted by atomic mass is 10.2. The fourth-order valence-corrected chi connectivity index (χ4v) is 3.12. The van der Waals surface area contributed by atoms with Crippen LogP contribution in [0.1, 0.15) is 21.6 Å². The third-order valence-electron chi connectivity index (χ3n) is 4.72. The maximum Gasteiger partial charge on any atom is 0.258 e. The van der Waals surface area contributed by atoms with Crippen molar-refractivity contribution in [3.8, 4) is 11.5 Å². The van der Waals surface area contributed by atoms with Crippen molar-refractivity contribution in [3.63, 3.8) is 0 Å². The Morgan fingerprint density at radius 2 is 1.84 bits per heavy atom. The van der Waals surface area contributed by atoms with Gasteiger partial charge in [-0.15, -0.1) is 0 Å². The number of carbonyl (C=O) groups is 1. The van der Waals surface area contributed by atoms with Crippen molar-refractivity contribution >= 4 is 17.2 Å². The molecule has 0 bridgehead atoms. The van der Waals surface area contributed by atoms with Gasteiger partial charge in [0.05, 0.1) is 18.5 Å². The highest BCUT2D eigenvalue weighted by Gasteiger charge is 2.11. The molecule has 1 amide bonds. The number of aryl methyl sites for hydroxylation is 1. The molecule has 2 aromatic heterocycles. The minimum Gasteiger partial charge on any atom is -0.497 e. The minimum absolute atomic E-state index is 0.0923. The van der Waals surface area contributed by atoms with Crippen LogP contribution in [0.25, 0.3) is 5.65 Å². The lowest BCUT2D eigenvalue weighted by molar-refractivity contribution is 0.102. The van der Waals surface area contributed by atoms with Crippen LogP contribution >= 0.6 is 0 Å².